The Balaban J connectivity index is 2.36. The first-order valence-electron chi connectivity index (χ1n) is 8.74. The lowest BCUT2D eigenvalue weighted by molar-refractivity contribution is 0.463. The zero-order chi connectivity index (χ0) is 21.0. The molecule has 3 nitrogen and oxygen atoms in total. The Morgan fingerprint density at radius 3 is 2.46 bits per heavy atom. The monoisotopic (exact) mass is 385 g/mol. The number of phenols is 2. The number of nitrogens with zero attached hydrogens (tertiary/aromatic N) is 1. The zero-order valence-electron chi connectivity index (χ0n) is 16.0. The van der Waals surface area contributed by atoms with Crippen LogP contribution < -0.4 is 16.4 Å². The molecule has 0 unspecified atom stereocenters. The topological polar surface area (TPSA) is 53.4 Å². The maximum atomic E-state index is 10.4. The summed E-state index contributed by atoms with van der Waals surface area (Å²) in [5.41, 5.74) is 2.86. The van der Waals surface area contributed by atoms with Crippen molar-refractivity contribution in [1.29, 1.82) is 0 Å². The van der Waals surface area contributed by atoms with E-state index < -0.39 is 5.75 Å². The molecule has 2 N–H and O–H groups in total. The second kappa shape index (κ2) is 9.25. The average molecular weight is 385 g/mol. The van der Waals surface area contributed by atoms with Crippen LogP contribution >= 0.6 is 11.6 Å². The number of allylic oxidation sites excluding steroid dienone is 5. The second-order valence-electron chi connectivity index (χ2n) is 6.41. The van der Waals surface area contributed by atoms with Gasteiger partial charge in [0.05, 0.1) is 5.69 Å². The number of halogens is 1. The van der Waals surface area contributed by atoms with E-state index in [1.54, 1.807) is 6.20 Å². The molecule has 2 aromatic rings. The van der Waals surface area contributed by atoms with Crippen LogP contribution in [0.1, 0.15) is 31.0 Å². The fourth-order valence-electron chi connectivity index (χ4n) is 2.75. The molecule has 7 heteroatoms. The van der Waals surface area contributed by atoms with Crippen LogP contribution in [0.5, 0.6) is 11.5 Å². The van der Waals surface area contributed by atoms with E-state index in [1.807, 2.05) is 38.1 Å². The predicted octanol–water partition coefficient (Wildman–Crippen LogP) is 2.34. The third-order valence-electron chi connectivity index (χ3n) is 4.34. The van der Waals surface area contributed by atoms with E-state index in [0.29, 0.717) is 22.7 Å². The van der Waals surface area contributed by atoms with Crippen LogP contribution in [0.2, 0.25) is 0 Å². The summed E-state index contributed by atoms with van der Waals surface area (Å²) in [5, 5.41) is 20.9. The smallest absolute Gasteiger partial charge is 0.124 e. The van der Waals surface area contributed by atoms with Crippen molar-refractivity contribution in [3.8, 4) is 22.6 Å². The quantitative estimate of drug-likeness (QED) is 0.593. The number of aromatic hydroxyl groups is 2. The summed E-state index contributed by atoms with van der Waals surface area (Å²) >= 11 is 6.05. The van der Waals surface area contributed by atoms with E-state index in [-0.39, 0.29) is 27.7 Å². The lowest BCUT2D eigenvalue weighted by Gasteiger charge is -2.19. The van der Waals surface area contributed by atoms with Crippen molar-refractivity contribution in [2.45, 2.75) is 26.7 Å². The number of pyridine rings is 1. The van der Waals surface area contributed by atoms with Gasteiger partial charge in [-0.1, -0.05) is 48.2 Å². The lowest BCUT2D eigenvalue weighted by Crippen LogP contribution is -2.33. The van der Waals surface area contributed by atoms with Gasteiger partial charge in [0, 0.05) is 22.4 Å². The van der Waals surface area contributed by atoms with Crippen LogP contribution in [0.4, 0.5) is 0 Å². The van der Waals surface area contributed by atoms with Crippen molar-refractivity contribution < 1.29 is 10.2 Å². The minimum Gasteiger partial charge on any atom is -0.509 e. The van der Waals surface area contributed by atoms with Crippen LogP contribution in [-0.2, 0) is 0 Å². The van der Waals surface area contributed by atoms with Gasteiger partial charge in [0.15, 0.2) is 0 Å². The summed E-state index contributed by atoms with van der Waals surface area (Å²) in [6.07, 6.45) is 8.71. The van der Waals surface area contributed by atoms with Crippen molar-refractivity contribution in [3.05, 3.63) is 53.4 Å². The van der Waals surface area contributed by atoms with Gasteiger partial charge in [-0.2, -0.15) is 0 Å². The summed E-state index contributed by atoms with van der Waals surface area (Å²) < 4.78 is 0. The summed E-state index contributed by atoms with van der Waals surface area (Å²) in [6.45, 7) is 7.93. The molecule has 136 valence electrons. The highest BCUT2D eigenvalue weighted by Crippen LogP contribution is 2.30. The Hall–Kier alpha value is -2.33. The van der Waals surface area contributed by atoms with Gasteiger partial charge in [-0.25, -0.2) is 0 Å². The van der Waals surface area contributed by atoms with E-state index in [4.69, 9.17) is 35.1 Å². The molecule has 0 bridgehead atoms. The van der Waals surface area contributed by atoms with Crippen molar-refractivity contribution in [2.24, 2.45) is 0 Å². The molecule has 1 aromatic carbocycles. The molecule has 6 radical (unpaired) electrons. The highest BCUT2D eigenvalue weighted by Gasteiger charge is 2.18. The number of rotatable bonds is 6. The van der Waals surface area contributed by atoms with Gasteiger partial charge < -0.3 is 10.2 Å². The molecule has 0 aliphatic rings. The normalized spacial score (nSPS) is 11.9. The third-order valence-corrected chi connectivity index (χ3v) is 4.62. The fourth-order valence-corrected chi connectivity index (χ4v) is 2.99. The molecule has 0 amide bonds. The first-order valence-corrected chi connectivity index (χ1v) is 9.12. The van der Waals surface area contributed by atoms with Gasteiger partial charge in [0.2, 0.25) is 0 Å². The Bertz CT molecular complexity index is 955. The maximum Gasteiger partial charge on any atom is 0.124 e. The van der Waals surface area contributed by atoms with Crippen molar-refractivity contribution >= 4 is 57.1 Å². The van der Waals surface area contributed by atoms with E-state index in [2.05, 4.69) is 11.6 Å². The highest BCUT2D eigenvalue weighted by molar-refractivity contribution is 6.55. The number of hydrogen-bond donors (Lipinski definition) is 2. The Morgan fingerprint density at radius 2 is 1.86 bits per heavy atom. The molecule has 0 spiro atoms. The molecule has 0 atom stereocenters. The number of hydrogen-bond acceptors (Lipinski definition) is 3. The number of benzene rings is 1. The molecule has 1 heterocycles. The Labute approximate surface area is 175 Å². The van der Waals surface area contributed by atoms with Crippen LogP contribution in [-0.4, -0.2) is 38.7 Å². The Kier molecular flexibility index (Phi) is 7.25. The lowest BCUT2D eigenvalue weighted by atomic mass is 9.71. The molecule has 1 aromatic heterocycles. The van der Waals surface area contributed by atoms with Crippen LogP contribution in [0.3, 0.4) is 0 Å². The SMILES string of the molecule is [B]c1c([B])c(-c2cnc(C(=C)C/C=C\C(Cl)=C/CC)cc2C)c(O)c([B])c1O. The van der Waals surface area contributed by atoms with Crippen LogP contribution in [0, 0.1) is 6.92 Å². The minimum absolute atomic E-state index is 0.0426. The molecule has 0 saturated heterocycles. The predicted molar refractivity (Wildman–Crippen MR) is 121 cm³/mol. The average Bonchev–Trinajstić information content (AvgIpc) is 2.66. The third kappa shape index (κ3) is 4.56. The molecule has 0 aliphatic heterocycles. The number of aromatic nitrogens is 1. The maximum absolute atomic E-state index is 10.4. The first kappa shape index (κ1) is 22.0. The number of phenolic OH excluding ortho intramolecular Hbond substituents is 2. The largest absolute Gasteiger partial charge is 0.509 e. The van der Waals surface area contributed by atoms with Crippen LogP contribution in [0.25, 0.3) is 16.7 Å². The number of aryl methyl sites for hydroxylation is 1. The summed E-state index contributed by atoms with van der Waals surface area (Å²) in [6, 6.07) is 1.84. The molecule has 0 fully saturated rings. The van der Waals surface area contributed by atoms with Gasteiger partial charge in [0.25, 0.3) is 0 Å². The fraction of sp³-hybridized carbons (Fsp3) is 0.190. The van der Waals surface area contributed by atoms with Crippen molar-refractivity contribution in [3.63, 3.8) is 0 Å². The second-order valence-corrected chi connectivity index (χ2v) is 6.84. The van der Waals surface area contributed by atoms with Gasteiger partial charge >= 0.3 is 0 Å². The molecule has 2 rings (SSSR count). The van der Waals surface area contributed by atoms with Crippen molar-refractivity contribution in [2.75, 3.05) is 0 Å². The minimum atomic E-state index is -0.433. The van der Waals surface area contributed by atoms with Gasteiger partial charge in [-0.15, -0.1) is 0 Å². The summed E-state index contributed by atoms with van der Waals surface area (Å²) in [7, 11) is 17.5. The molecular formula is C21H19B3ClNO2. The van der Waals surface area contributed by atoms with Crippen molar-refractivity contribution in [1.82, 2.24) is 4.98 Å². The summed E-state index contributed by atoms with van der Waals surface area (Å²) in [4.78, 5) is 4.42. The zero-order valence-corrected chi connectivity index (χ0v) is 16.7. The standard InChI is InChI=1S/C21H19B3ClNO2/c1-4-6-13(25)8-5-7-11(2)15-9-12(3)14(10-26-15)16-17(22)18(23)21(28)19(24)20(16)27/h5-6,8-10,27-28H,2,4,7H2,1,3H3/b8-5-,13-6+. The first-order chi connectivity index (χ1) is 13.2. The van der Waals surface area contributed by atoms with Gasteiger partial charge in [0.1, 0.15) is 35.0 Å². The molecule has 28 heavy (non-hydrogen) atoms. The van der Waals surface area contributed by atoms with Gasteiger partial charge in [-0.3, -0.25) is 4.98 Å². The van der Waals surface area contributed by atoms with Gasteiger partial charge in [-0.05, 0) is 48.5 Å². The van der Waals surface area contributed by atoms with E-state index in [0.717, 1.165) is 17.6 Å². The van der Waals surface area contributed by atoms with Crippen LogP contribution in [0.15, 0.2) is 42.1 Å². The van der Waals surface area contributed by atoms with E-state index in [9.17, 15) is 10.2 Å². The Morgan fingerprint density at radius 1 is 1.18 bits per heavy atom. The van der Waals surface area contributed by atoms with E-state index in [1.165, 1.54) is 0 Å². The summed E-state index contributed by atoms with van der Waals surface area (Å²) in [5.74, 6) is -0.766. The molecule has 0 aliphatic carbocycles. The highest BCUT2D eigenvalue weighted by atomic mass is 35.5. The molecular weight excluding hydrogens is 366 g/mol. The molecule has 0 saturated carbocycles. The van der Waals surface area contributed by atoms with E-state index >= 15 is 0 Å².